The topological polar surface area (TPSA) is 38.7 Å². The van der Waals surface area contributed by atoms with E-state index in [-0.39, 0.29) is 5.75 Å². The van der Waals surface area contributed by atoms with E-state index in [0.717, 1.165) is 28.9 Å². The molecule has 3 rings (SSSR count). The highest BCUT2D eigenvalue weighted by atomic mass is 16.5. The Morgan fingerprint density at radius 1 is 1.16 bits per heavy atom. The van der Waals surface area contributed by atoms with Crippen molar-refractivity contribution in [2.45, 2.75) is 6.42 Å². The van der Waals surface area contributed by atoms with E-state index in [9.17, 15) is 5.11 Å². The maximum atomic E-state index is 9.43. The van der Waals surface area contributed by atoms with E-state index >= 15 is 0 Å². The SMILES string of the molecule is COc1ccccc1C1=COc2cc(O)ccc2C1. The third kappa shape index (κ3) is 2.15. The van der Waals surface area contributed by atoms with Crippen LogP contribution in [-0.4, -0.2) is 12.2 Å². The molecular formula is C16H14O3. The molecule has 0 fully saturated rings. The monoisotopic (exact) mass is 254 g/mol. The van der Waals surface area contributed by atoms with Crippen LogP contribution in [0.4, 0.5) is 0 Å². The van der Waals surface area contributed by atoms with Crippen molar-refractivity contribution in [2.24, 2.45) is 0 Å². The minimum Gasteiger partial charge on any atom is -0.508 e. The van der Waals surface area contributed by atoms with Crippen molar-refractivity contribution in [3.63, 3.8) is 0 Å². The lowest BCUT2D eigenvalue weighted by atomic mass is 9.96. The van der Waals surface area contributed by atoms with Gasteiger partial charge in [0.25, 0.3) is 0 Å². The molecule has 1 aliphatic heterocycles. The number of benzene rings is 2. The predicted molar refractivity (Wildman–Crippen MR) is 73.4 cm³/mol. The van der Waals surface area contributed by atoms with E-state index in [1.54, 1.807) is 25.5 Å². The Balaban J connectivity index is 1.97. The molecule has 1 heterocycles. The number of aromatic hydroxyl groups is 1. The van der Waals surface area contributed by atoms with Crippen LogP contribution in [0.2, 0.25) is 0 Å². The highest BCUT2D eigenvalue weighted by molar-refractivity contribution is 5.74. The second-order valence-electron chi connectivity index (χ2n) is 4.43. The van der Waals surface area contributed by atoms with Gasteiger partial charge < -0.3 is 14.6 Å². The number of phenols is 1. The molecule has 0 unspecified atom stereocenters. The molecule has 0 saturated carbocycles. The number of rotatable bonds is 2. The van der Waals surface area contributed by atoms with Gasteiger partial charge in [0, 0.05) is 23.6 Å². The molecule has 0 aliphatic carbocycles. The molecule has 0 saturated heterocycles. The number of hydrogen-bond donors (Lipinski definition) is 1. The maximum absolute atomic E-state index is 9.43. The first kappa shape index (κ1) is 11.7. The third-order valence-corrected chi connectivity index (χ3v) is 3.21. The molecule has 0 spiro atoms. The molecule has 0 amide bonds. The van der Waals surface area contributed by atoms with E-state index in [1.807, 2.05) is 30.3 Å². The van der Waals surface area contributed by atoms with E-state index in [4.69, 9.17) is 9.47 Å². The van der Waals surface area contributed by atoms with Gasteiger partial charge in [0.05, 0.1) is 13.4 Å². The molecule has 0 aromatic heterocycles. The minimum absolute atomic E-state index is 0.216. The molecule has 3 nitrogen and oxygen atoms in total. The second kappa shape index (κ2) is 4.69. The Hall–Kier alpha value is -2.42. The van der Waals surface area contributed by atoms with Gasteiger partial charge in [-0.2, -0.15) is 0 Å². The number of para-hydroxylation sites is 1. The van der Waals surface area contributed by atoms with Gasteiger partial charge in [-0.15, -0.1) is 0 Å². The van der Waals surface area contributed by atoms with Crippen molar-refractivity contribution < 1.29 is 14.6 Å². The van der Waals surface area contributed by atoms with E-state index in [0.29, 0.717) is 5.75 Å². The summed E-state index contributed by atoms with van der Waals surface area (Å²) in [5.41, 5.74) is 3.15. The Morgan fingerprint density at radius 2 is 2.00 bits per heavy atom. The van der Waals surface area contributed by atoms with Crippen molar-refractivity contribution in [2.75, 3.05) is 7.11 Å². The quantitative estimate of drug-likeness (QED) is 0.893. The third-order valence-electron chi connectivity index (χ3n) is 3.21. The van der Waals surface area contributed by atoms with Crippen molar-refractivity contribution in [3.8, 4) is 17.2 Å². The van der Waals surface area contributed by atoms with Gasteiger partial charge in [-0.3, -0.25) is 0 Å². The Kier molecular flexibility index (Phi) is 2.88. The molecule has 96 valence electrons. The van der Waals surface area contributed by atoms with Gasteiger partial charge in [-0.1, -0.05) is 24.3 Å². The molecule has 3 heteroatoms. The van der Waals surface area contributed by atoms with Crippen LogP contribution in [0.5, 0.6) is 17.2 Å². The Morgan fingerprint density at radius 3 is 2.84 bits per heavy atom. The highest BCUT2D eigenvalue weighted by Gasteiger charge is 2.16. The standard InChI is InChI=1S/C16H14O3/c1-18-15-5-3-2-4-14(15)12-8-11-6-7-13(17)9-16(11)19-10-12/h2-7,9-10,17H,8H2,1H3. The minimum atomic E-state index is 0.216. The summed E-state index contributed by atoms with van der Waals surface area (Å²) in [4.78, 5) is 0. The highest BCUT2D eigenvalue weighted by Crippen LogP contribution is 2.36. The number of fused-ring (bicyclic) bond motifs is 1. The van der Waals surface area contributed by atoms with Crippen molar-refractivity contribution in [1.82, 2.24) is 0 Å². The molecular weight excluding hydrogens is 240 g/mol. The average Bonchev–Trinajstić information content (AvgIpc) is 2.46. The Bertz CT molecular complexity index is 644. The lowest BCUT2D eigenvalue weighted by Gasteiger charge is -2.19. The summed E-state index contributed by atoms with van der Waals surface area (Å²) < 4.78 is 11.0. The van der Waals surface area contributed by atoms with Gasteiger partial charge in [0.1, 0.15) is 17.2 Å². The summed E-state index contributed by atoms with van der Waals surface area (Å²) in [6.07, 6.45) is 2.48. The lowest BCUT2D eigenvalue weighted by molar-refractivity contribution is 0.412. The first-order chi connectivity index (χ1) is 9.28. The number of hydrogen-bond acceptors (Lipinski definition) is 3. The van der Waals surface area contributed by atoms with Crippen LogP contribution in [-0.2, 0) is 6.42 Å². The first-order valence-electron chi connectivity index (χ1n) is 6.09. The normalized spacial score (nSPS) is 13.2. The van der Waals surface area contributed by atoms with Gasteiger partial charge >= 0.3 is 0 Å². The molecule has 1 aliphatic rings. The molecule has 2 aromatic carbocycles. The summed E-state index contributed by atoms with van der Waals surface area (Å²) in [6, 6.07) is 13.1. The molecule has 0 radical (unpaired) electrons. The van der Waals surface area contributed by atoms with Gasteiger partial charge in [-0.05, 0) is 17.7 Å². The fraction of sp³-hybridized carbons (Fsp3) is 0.125. The fourth-order valence-electron chi connectivity index (χ4n) is 2.25. The zero-order chi connectivity index (χ0) is 13.2. The van der Waals surface area contributed by atoms with Crippen LogP contribution in [0.3, 0.4) is 0 Å². The zero-order valence-corrected chi connectivity index (χ0v) is 10.6. The van der Waals surface area contributed by atoms with Crippen molar-refractivity contribution >= 4 is 5.57 Å². The summed E-state index contributed by atoms with van der Waals surface area (Å²) >= 11 is 0. The van der Waals surface area contributed by atoms with Crippen LogP contribution < -0.4 is 9.47 Å². The molecule has 2 aromatic rings. The van der Waals surface area contributed by atoms with Crippen LogP contribution in [0.25, 0.3) is 5.57 Å². The first-order valence-corrected chi connectivity index (χ1v) is 6.09. The maximum Gasteiger partial charge on any atom is 0.133 e. The lowest BCUT2D eigenvalue weighted by Crippen LogP contribution is -2.03. The van der Waals surface area contributed by atoms with E-state index < -0.39 is 0 Å². The Labute approximate surface area is 111 Å². The summed E-state index contributed by atoms with van der Waals surface area (Å²) in [5.74, 6) is 1.76. The largest absolute Gasteiger partial charge is 0.508 e. The van der Waals surface area contributed by atoms with Crippen LogP contribution in [0.15, 0.2) is 48.7 Å². The predicted octanol–water partition coefficient (Wildman–Crippen LogP) is 3.38. The zero-order valence-electron chi connectivity index (χ0n) is 10.6. The van der Waals surface area contributed by atoms with Gasteiger partial charge in [0.2, 0.25) is 0 Å². The van der Waals surface area contributed by atoms with E-state index in [1.165, 1.54) is 0 Å². The van der Waals surface area contributed by atoms with Gasteiger partial charge in [0.15, 0.2) is 0 Å². The number of phenolic OH excluding ortho intramolecular Hbond substituents is 1. The summed E-state index contributed by atoms with van der Waals surface area (Å²) in [7, 11) is 1.66. The van der Waals surface area contributed by atoms with E-state index in [2.05, 4.69) is 0 Å². The van der Waals surface area contributed by atoms with Crippen molar-refractivity contribution in [3.05, 3.63) is 59.9 Å². The van der Waals surface area contributed by atoms with Crippen LogP contribution in [0.1, 0.15) is 11.1 Å². The smallest absolute Gasteiger partial charge is 0.133 e. The number of methoxy groups -OCH3 is 1. The number of ether oxygens (including phenoxy) is 2. The average molecular weight is 254 g/mol. The molecule has 0 bridgehead atoms. The summed E-state index contributed by atoms with van der Waals surface area (Å²) in [5, 5.41) is 9.43. The molecule has 19 heavy (non-hydrogen) atoms. The van der Waals surface area contributed by atoms with Crippen LogP contribution >= 0.6 is 0 Å². The van der Waals surface area contributed by atoms with Gasteiger partial charge in [-0.25, -0.2) is 0 Å². The molecule has 0 atom stereocenters. The van der Waals surface area contributed by atoms with Crippen molar-refractivity contribution in [1.29, 1.82) is 0 Å². The summed E-state index contributed by atoms with van der Waals surface area (Å²) in [6.45, 7) is 0. The fourth-order valence-corrected chi connectivity index (χ4v) is 2.25. The van der Waals surface area contributed by atoms with Crippen LogP contribution in [0, 0.1) is 0 Å². The number of allylic oxidation sites excluding steroid dienone is 1. The molecule has 1 N–H and O–H groups in total. The second-order valence-corrected chi connectivity index (χ2v) is 4.43.